The Bertz CT molecular complexity index is 723. The zero-order chi connectivity index (χ0) is 16.7. The van der Waals surface area contributed by atoms with Crippen molar-refractivity contribution in [1.29, 1.82) is 0 Å². The molecule has 1 amide bonds. The average molecular weight is 352 g/mol. The molecule has 23 heavy (non-hydrogen) atoms. The number of hydrogen-bond donors (Lipinski definition) is 2. The van der Waals surface area contributed by atoms with Crippen molar-refractivity contribution in [2.45, 2.75) is 25.1 Å². The van der Waals surface area contributed by atoms with Crippen molar-refractivity contribution in [2.24, 2.45) is 0 Å². The van der Waals surface area contributed by atoms with Crippen molar-refractivity contribution in [2.75, 3.05) is 7.05 Å². The molecule has 1 heterocycles. The van der Waals surface area contributed by atoms with Crippen LogP contribution in [0.15, 0.2) is 41.8 Å². The highest BCUT2D eigenvalue weighted by Crippen LogP contribution is 2.11. The maximum atomic E-state index is 11.8. The highest BCUT2D eigenvalue weighted by Gasteiger charge is 2.08. The first-order chi connectivity index (χ1) is 11.0. The third kappa shape index (κ3) is 6.13. The van der Waals surface area contributed by atoms with Gasteiger partial charge in [-0.2, -0.15) is 0 Å². The minimum absolute atomic E-state index is 0.0141. The molecule has 0 saturated heterocycles. The van der Waals surface area contributed by atoms with Gasteiger partial charge in [0.25, 0.3) is 0 Å². The summed E-state index contributed by atoms with van der Waals surface area (Å²) in [7, 11) is -1.86. The second kappa shape index (κ2) is 8.24. The van der Waals surface area contributed by atoms with E-state index in [0.29, 0.717) is 18.5 Å². The molecule has 0 unspecified atom stereocenters. The molecule has 0 bridgehead atoms. The molecule has 0 aliphatic rings. The van der Waals surface area contributed by atoms with Crippen molar-refractivity contribution in [3.63, 3.8) is 0 Å². The summed E-state index contributed by atoms with van der Waals surface area (Å²) >= 11 is 1.65. The number of carbonyl (C=O) groups excluding carboxylic acids is 1. The summed E-state index contributed by atoms with van der Waals surface area (Å²) in [6.45, 7) is 0.447. The van der Waals surface area contributed by atoms with Gasteiger partial charge in [-0.05, 0) is 36.0 Å². The lowest BCUT2D eigenvalue weighted by molar-refractivity contribution is -0.121. The van der Waals surface area contributed by atoms with Crippen LogP contribution in [-0.2, 0) is 33.5 Å². The number of amides is 1. The number of rotatable bonds is 8. The Labute approximate surface area is 140 Å². The third-order valence-corrected chi connectivity index (χ3v) is 5.63. The first-order valence-electron chi connectivity index (χ1n) is 7.26. The molecule has 2 rings (SSSR count). The average Bonchev–Trinajstić information content (AvgIpc) is 3.05. The number of thiophene rings is 1. The third-order valence-electron chi connectivity index (χ3n) is 3.36. The van der Waals surface area contributed by atoms with E-state index in [-0.39, 0.29) is 11.7 Å². The molecule has 0 aliphatic heterocycles. The number of nitrogens with one attached hydrogen (secondary N) is 2. The van der Waals surface area contributed by atoms with Gasteiger partial charge in [0, 0.05) is 17.8 Å². The van der Waals surface area contributed by atoms with Crippen molar-refractivity contribution in [1.82, 2.24) is 10.0 Å². The normalized spacial score (nSPS) is 11.3. The van der Waals surface area contributed by atoms with E-state index in [1.54, 1.807) is 23.5 Å². The summed E-state index contributed by atoms with van der Waals surface area (Å²) in [6, 6.07) is 11.2. The summed E-state index contributed by atoms with van der Waals surface area (Å²) in [5, 5.41) is 4.88. The van der Waals surface area contributed by atoms with Crippen LogP contribution in [0.2, 0.25) is 0 Å². The van der Waals surface area contributed by atoms with Crippen LogP contribution >= 0.6 is 11.3 Å². The second-order valence-electron chi connectivity index (χ2n) is 5.14. The zero-order valence-electron chi connectivity index (χ0n) is 12.9. The second-order valence-corrected chi connectivity index (χ2v) is 8.09. The van der Waals surface area contributed by atoms with Gasteiger partial charge in [0.2, 0.25) is 15.9 Å². The molecule has 1 aromatic carbocycles. The standard InChI is InChI=1S/C16H20N2O3S2/c1-17-23(20,21)12-14-6-4-13(5-7-14)11-18-16(19)9-8-15-3-2-10-22-15/h2-7,10,17H,8-9,11-12H2,1H3,(H,18,19). The van der Waals surface area contributed by atoms with Crippen LogP contribution in [0.3, 0.4) is 0 Å². The molecule has 0 saturated carbocycles. The molecule has 7 heteroatoms. The van der Waals surface area contributed by atoms with Crippen LogP contribution < -0.4 is 10.0 Å². The molecule has 0 aliphatic carbocycles. The Kier molecular flexibility index (Phi) is 6.32. The SMILES string of the molecule is CNS(=O)(=O)Cc1ccc(CNC(=O)CCc2cccs2)cc1. The molecule has 1 aromatic heterocycles. The van der Waals surface area contributed by atoms with E-state index in [2.05, 4.69) is 10.0 Å². The van der Waals surface area contributed by atoms with Gasteiger partial charge in [-0.15, -0.1) is 11.3 Å². The maximum Gasteiger partial charge on any atom is 0.220 e. The molecular formula is C16H20N2O3S2. The highest BCUT2D eigenvalue weighted by molar-refractivity contribution is 7.88. The van der Waals surface area contributed by atoms with Crippen LogP contribution in [0.1, 0.15) is 22.4 Å². The summed E-state index contributed by atoms with van der Waals surface area (Å²) in [5.74, 6) is -0.0306. The molecule has 0 radical (unpaired) electrons. The Hall–Kier alpha value is -1.70. The maximum absolute atomic E-state index is 11.8. The van der Waals surface area contributed by atoms with E-state index in [4.69, 9.17) is 0 Å². The minimum Gasteiger partial charge on any atom is -0.352 e. The summed E-state index contributed by atoms with van der Waals surface area (Å²) in [4.78, 5) is 13.0. The minimum atomic E-state index is -3.26. The fraction of sp³-hybridized carbons (Fsp3) is 0.312. The Morgan fingerprint density at radius 1 is 1.13 bits per heavy atom. The first-order valence-corrected chi connectivity index (χ1v) is 9.80. The number of aryl methyl sites for hydroxylation is 1. The molecule has 0 atom stereocenters. The number of sulfonamides is 1. The quantitative estimate of drug-likeness (QED) is 0.763. The largest absolute Gasteiger partial charge is 0.352 e. The zero-order valence-corrected chi connectivity index (χ0v) is 14.5. The van der Waals surface area contributed by atoms with Crippen LogP contribution in [0.5, 0.6) is 0 Å². The predicted octanol–water partition coefficient (Wildman–Crippen LogP) is 2.05. The lowest BCUT2D eigenvalue weighted by atomic mass is 10.1. The van der Waals surface area contributed by atoms with Crippen molar-refractivity contribution >= 4 is 27.3 Å². The smallest absolute Gasteiger partial charge is 0.220 e. The van der Waals surface area contributed by atoms with Gasteiger partial charge < -0.3 is 5.32 Å². The molecule has 5 nitrogen and oxygen atoms in total. The van der Waals surface area contributed by atoms with E-state index in [9.17, 15) is 13.2 Å². The highest BCUT2D eigenvalue weighted by atomic mass is 32.2. The molecule has 0 spiro atoms. The lowest BCUT2D eigenvalue weighted by Gasteiger charge is -2.07. The topological polar surface area (TPSA) is 75.3 Å². The van der Waals surface area contributed by atoms with Crippen LogP contribution in [0, 0.1) is 0 Å². The lowest BCUT2D eigenvalue weighted by Crippen LogP contribution is -2.23. The van der Waals surface area contributed by atoms with E-state index in [1.165, 1.54) is 11.9 Å². The van der Waals surface area contributed by atoms with Crippen LogP contribution in [-0.4, -0.2) is 21.4 Å². The Balaban J connectivity index is 1.78. The molecule has 0 fully saturated rings. The van der Waals surface area contributed by atoms with Crippen molar-refractivity contribution in [3.05, 3.63) is 57.8 Å². The van der Waals surface area contributed by atoms with Gasteiger partial charge in [0.15, 0.2) is 0 Å². The molecule has 2 N–H and O–H groups in total. The number of hydrogen-bond acceptors (Lipinski definition) is 4. The Morgan fingerprint density at radius 3 is 2.43 bits per heavy atom. The van der Waals surface area contributed by atoms with E-state index >= 15 is 0 Å². The summed E-state index contributed by atoms with van der Waals surface area (Å²) in [6.07, 6.45) is 1.23. The fourth-order valence-electron chi connectivity index (χ4n) is 2.03. The van der Waals surface area contributed by atoms with Gasteiger partial charge in [0.1, 0.15) is 0 Å². The van der Waals surface area contributed by atoms with Gasteiger partial charge in [-0.3, -0.25) is 4.79 Å². The molecule has 124 valence electrons. The monoisotopic (exact) mass is 352 g/mol. The summed E-state index contributed by atoms with van der Waals surface area (Å²) < 4.78 is 25.2. The van der Waals surface area contributed by atoms with Crippen molar-refractivity contribution in [3.8, 4) is 0 Å². The van der Waals surface area contributed by atoms with Gasteiger partial charge >= 0.3 is 0 Å². The fourth-order valence-corrected chi connectivity index (χ4v) is 3.51. The van der Waals surface area contributed by atoms with Gasteiger partial charge in [0.05, 0.1) is 5.75 Å². The van der Waals surface area contributed by atoms with Crippen LogP contribution in [0.25, 0.3) is 0 Å². The van der Waals surface area contributed by atoms with Crippen molar-refractivity contribution < 1.29 is 13.2 Å². The van der Waals surface area contributed by atoms with Gasteiger partial charge in [-0.25, -0.2) is 13.1 Å². The first kappa shape index (κ1) is 17.7. The van der Waals surface area contributed by atoms with Crippen LogP contribution in [0.4, 0.5) is 0 Å². The van der Waals surface area contributed by atoms with E-state index in [1.807, 2.05) is 29.6 Å². The summed E-state index contributed by atoms with van der Waals surface area (Å²) in [5.41, 5.74) is 1.66. The van der Waals surface area contributed by atoms with E-state index in [0.717, 1.165) is 12.0 Å². The van der Waals surface area contributed by atoms with E-state index < -0.39 is 10.0 Å². The molecular weight excluding hydrogens is 332 g/mol. The number of benzene rings is 1. The molecule has 2 aromatic rings. The van der Waals surface area contributed by atoms with Gasteiger partial charge in [-0.1, -0.05) is 30.3 Å². The predicted molar refractivity (Wildman–Crippen MR) is 92.6 cm³/mol. The number of carbonyl (C=O) groups is 1. The Morgan fingerprint density at radius 2 is 1.83 bits per heavy atom.